The van der Waals surface area contributed by atoms with E-state index in [0.717, 1.165) is 12.1 Å². The Morgan fingerprint density at radius 3 is 1.68 bits per heavy atom. The standard InChI is InChI=1S/C14H8F5NO2/c15-8-7(9(16)11(18)12(19)10(8)17)14(22,13(20)21)6-4-2-1-3-5-6/h1-5,22H,(H2,20,21). The Labute approximate surface area is 120 Å². The molecule has 0 aliphatic rings. The van der Waals surface area contributed by atoms with Crippen LogP contribution in [0.2, 0.25) is 0 Å². The number of primary amides is 1. The van der Waals surface area contributed by atoms with Crippen LogP contribution >= 0.6 is 0 Å². The highest BCUT2D eigenvalue weighted by atomic mass is 19.2. The van der Waals surface area contributed by atoms with Gasteiger partial charge >= 0.3 is 0 Å². The first-order valence-corrected chi connectivity index (χ1v) is 5.82. The molecule has 3 N–H and O–H groups in total. The van der Waals surface area contributed by atoms with Crippen LogP contribution in [-0.4, -0.2) is 11.0 Å². The molecule has 2 rings (SSSR count). The molecule has 0 spiro atoms. The molecule has 0 aliphatic carbocycles. The molecule has 0 aliphatic heterocycles. The minimum atomic E-state index is -3.22. The van der Waals surface area contributed by atoms with Gasteiger partial charge in [0.05, 0.1) is 5.56 Å². The number of benzene rings is 2. The van der Waals surface area contributed by atoms with E-state index in [4.69, 9.17) is 5.73 Å². The fourth-order valence-corrected chi connectivity index (χ4v) is 2.01. The van der Waals surface area contributed by atoms with Crippen LogP contribution in [-0.2, 0) is 10.4 Å². The van der Waals surface area contributed by atoms with E-state index in [1.807, 2.05) is 0 Å². The van der Waals surface area contributed by atoms with Crippen molar-refractivity contribution in [2.24, 2.45) is 5.73 Å². The van der Waals surface area contributed by atoms with E-state index >= 15 is 0 Å². The minimum absolute atomic E-state index is 0.439. The van der Waals surface area contributed by atoms with Gasteiger partial charge in [0.15, 0.2) is 28.9 Å². The second-order valence-corrected chi connectivity index (χ2v) is 4.39. The Bertz CT molecular complexity index is 722. The third-order valence-electron chi connectivity index (χ3n) is 3.12. The lowest BCUT2D eigenvalue weighted by Gasteiger charge is -2.26. The average molecular weight is 317 g/mol. The van der Waals surface area contributed by atoms with E-state index in [1.165, 1.54) is 18.2 Å². The smallest absolute Gasteiger partial charge is 0.259 e. The summed E-state index contributed by atoms with van der Waals surface area (Å²) >= 11 is 0. The quantitative estimate of drug-likeness (QED) is 0.517. The third kappa shape index (κ3) is 2.12. The highest BCUT2D eigenvalue weighted by molar-refractivity contribution is 5.88. The van der Waals surface area contributed by atoms with Gasteiger partial charge in [-0.05, 0) is 5.56 Å². The van der Waals surface area contributed by atoms with Gasteiger partial charge in [-0.15, -0.1) is 0 Å². The monoisotopic (exact) mass is 317 g/mol. The van der Waals surface area contributed by atoms with E-state index < -0.39 is 51.7 Å². The van der Waals surface area contributed by atoms with Crippen molar-refractivity contribution in [3.63, 3.8) is 0 Å². The summed E-state index contributed by atoms with van der Waals surface area (Å²) in [5.74, 6) is -13.3. The first-order valence-electron chi connectivity index (χ1n) is 5.82. The van der Waals surface area contributed by atoms with Crippen molar-refractivity contribution in [2.75, 3.05) is 0 Å². The summed E-state index contributed by atoms with van der Waals surface area (Å²) in [5.41, 5.74) is -0.426. The number of aliphatic hydroxyl groups is 1. The van der Waals surface area contributed by atoms with Crippen molar-refractivity contribution in [3.05, 3.63) is 70.5 Å². The number of rotatable bonds is 3. The van der Waals surface area contributed by atoms with Gasteiger partial charge in [0.25, 0.3) is 5.91 Å². The van der Waals surface area contributed by atoms with Gasteiger partial charge < -0.3 is 10.8 Å². The summed E-state index contributed by atoms with van der Waals surface area (Å²) < 4.78 is 67.3. The Morgan fingerprint density at radius 2 is 1.27 bits per heavy atom. The van der Waals surface area contributed by atoms with Crippen LogP contribution in [0.3, 0.4) is 0 Å². The third-order valence-corrected chi connectivity index (χ3v) is 3.12. The average Bonchev–Trinajstić information content (AvgIpc) is 2.51. The molecular formula is C14H8F5NO2. The zero-order valence-corrected chi connectivity index (χ0v) is 10.7. The van der Waals surface area contributed by atoms with E-state index in [1.54, 1.807) is 0 Å². The van der Waals surface area contributed by atoms with Crippen LogP contribution in [0.25, 0.3) is 0 Å². The summed E-state index contributed by atoms with van der Waals surface area (Å²) in [4.78, 5) is 11.5. The van der Waals surface area contributed by atoms with Gasteiger partial charge in [-0.3, -0.25) is 4.79 Å². The molecule has 0 heterocycles. The maximum absolute atomic E-state index is 13.9. The fourth-order valence-electron chi connectivity index (χ4n) is 2.01. The van der Waals surface area contributed by atoms with Gasteiger partial charge in [0.1, 0.15) is 0 Å². The van der Waals surface area contributed by atoms with Crippen molar-refractivity contribution >= 4 is 5.91 Å². The molecule has 3 nitrogen and oxygen atoms in total. The summed E-state index contributed by atoms with van der Waals surface area (Å²) in [7, 11) is 0. The number of amides is 1. The van der Waals surface area contributed by atoms with Crippen LogP contribution in [0.1, 0.15) is 11.1 Å². The highest BCUT2D eigenvalue weighted by Gasteiger charge is 2.46. The Morgan fingerprint density at radius 1 is 0.864 bits per heavy atom. The predicted molar refractivity (Wildman–Crippen MR) is 64.9 cm³/mol. The zero-order chi connectivity index (χ0) is 16.7. The molecule has 0 bridgehead atoms. The molecule has 2 aromatic carbocycles. The lowest BCUT2D eigenvalue weighted by atomic mass is 9.84. The first-order chi connectivity index (χ1) is 10.2. The van der Waals surface area contributed by atoms with E-state index in [9.17, 15) is 31.9 Å². The molecule has 0 fully saturated rings. The first kappa shape index (κ1) is 15.9. The van der Waals surface area contributed by atoms with Gasteiger partial charge in [-0.25, -0.2) is 22.0 Å². The lowest BCUT2D eigenvalue weighted by molar-refractivity contribution is -0.133. The molecule has 0 saturated heterocycles. The highest BCUT2D eigenvalue weighted by Crippen LogP contribution is 2.36. The van der Waals surface area contributed by atoms with Crippen LogP contribution in [0.4, 0.5) is 22.0 Å². The Kier molecular flexibility index (Phi) is 3.89. The van der Waals surface area contributed by atoms with Crippen LogP contribution in [0.15, 0.2) is 30.3 Å². The molecule has 1 amide bonds. The SMILES string of the molecule is NC(=O)C(O)(c1ccccc1)c1c(F)c(F)c(F)c(F)c1F. The summed E-state index contributed by atoms with van der Waals surface area (Å²) in [6.07, 6.45) is 0. The zero-order valence-electron chi connectivity index (χ0n) is 10.7. The number of hydrogen-bond acceptors (Lipinski definition) is 2. The maximum Gasteiger partial charge on any atom is 0.259 e. The Balaban J connectivity index is 2.90. The van der Waals surface area contributed by atoms with Crippen molar-refractivity contribution in [1.29, 1.82) is 0 Å². The lowest BCUT2D eigenvalue weighted by Crippen LogP contribution is -2.44. The Hall–Kier alpha value is -2.48. The van der Waals surface area contributed by atoms with Crippen LogP contribution in [0.5, 0.6) is 0 Å². The van der Waals surface area contributed by atoms with Gasteiger partial charge in [0.2, 0.25) is 5.82 Å². The van der Waals surface area contributed by atoms with E-state index in [0.29, 0.717) is 0 Å². The van der Waals surface area contributed by atoms with E-state index in [-0.39, 0.29) is 0 Å². The molecular weight excluding hydrogens is 309 g/mol. The number of nitrogens with two attached hydrogens (primary N) is 1. The largest absolute Gasteiger partial charge is 0.372 e. The number of hydrogen-bond donors (Lipinski definition) is 2. The molecule has 2 aromatic rings. The molecule has 116 valence electrons. The predicted octanol–water partition coefficient (Wildman–Crippen LogP) is 2.10. The number of carbonyl (C=O) groups is 1. The molecule has 0 saturated carbocycles. The van der Waals surface area contributed by atoms with Crippen molar-refractivity contribution < 1.29 is 31.9 Å². The number of carbonyl (C=O) groups excluding carboxylic acids is 1. The summed E-state index contributed by atoms with van der Waals surface area (Å²) in [6, 6.07) is 6.14. The molecule has 8 heteroatoms. The van der Waals surface area contributed by atoms with Crippen molar-refractivity contribution in [2.45, 2.75) is 5.60 Å². The van der Waals surface area contributed by atoms with Gasteiger partial charge in [-0.1, -0.05) is 30.3 Å². The summed E-state index contributed by atoms with van der Waals surface area (Å²) in [6.45, 7) is 0. The second kappa shape index (κ2) is 5.38. The fraction of sp³-hybridized carbons (Fsp3) is 0.0714. The molecule has 22 heavy (non-hydrogen) atoms. The normalized spacial score (nSPS) is 13.7. The van der Waals surface area contributed by atoms with Crippen LogP contribution in [0, 0.1) is 29.1 Å². The molecule has 0 aromatic heterocycles. The van der Waals surface area contributed by atoms with Crippen LogP contribution < -0.4 is 5.73 Å². The van der Waals surface area contributed by atoms with E-state index in [2.05, 4.69) is 0 Å². The molecule has 1 atom stereocenters. The van der Waals surface area contributed by atoms with Gasteiger partial charge in [-0.2, -0.15) is 0 Å². The summed E-state index contributed by atoms with van der Waals surface area (Å²) in [5, 5.41) is 10.3. The topological polar surface area (TPSA) is 63.3 Å². The van der Waals surface area contributed by atoms with Crippen molar-refractivity contribution in [3.8, 4) is 0 Å². The minimum Gasteiger partial charge on any atom is -0.372 e. The molecule has 0 radical (unpaired) electrons. The maximum atomic E-state index is 13.9. The molecule has 1 unspecified atom stereocenters. The second-order valence-electron chi connectivity index (χ2n) is 4.39. The number of halogens is 5. The van der Waals surface area contributed by atoms with Gasteiger partial charge in [0, 0.05) is 0 Å². The van der Waals surface area contributed by atoms with Crippen molar-refractivity contribution in [1.82, 2.24) is 0 Å².